The standard InChI is InChI=1S/C22H44O2S.Sn.2H/c1-6-7-16-22(25,17-12-8-10-14-19(2)3)21(23)24-18-13-9-11-15-20(4)5;;;/h19-20,25H,6-18H2,1-5H3;;;. The number of carbonyl (C=O) groups excluding carboxylic acids is 1. The van der Waals surface area contributed by atoms with Gasteiger partial charge in [-0.25, -0.2) is 0 Å². The third-order valence-corrected chi connectivity index (χ3v) is 5.48. The van der Waals surface area contributed by atoms with Crippen molar-refractivity contribution in [2.45, 2.75) is 116 Å². The van der Waals surface area contributed by atoms with Crippen molar-refractivity contribution in [2.24, 2.45) is 11.8 Å². The number of esters is 1. The molecule has 0 heterocycles. The molecule has 0 aliphatic carbocycles. The average Bonchev–Trinajstić information content (AvgIpc) is 2.55. The van der Waals surface area contributed by atoms with Crippen LogP contribution in [0.25, 0.3) is 0 Å². The van der Waals surface area contributed by atoms with Gasteiger partial charge in [-0.3, -0.25) is 4.79 Å². The Morgan fingerprint density at radius 3 is 1.85 bits per heavy atom. The second kappa shape index (κ2) is 17.7. The van der Waals surface area contributed by atoms with Crippen LogP contribution in [0.2, 0.25) is 0 Å². The minimum atomic E-state index is -0.578. The Balaban J connectivity index is 0. The first-order valence-corrected chi connectivity index (χ1v) is 11.2. The molecule has 0 saturated heterocycles. The molecule has 1 unspecified atom stereocenters. The number of ether oxygens (including phenoxy) is 1. The van der Waals surface area contributed by atoms with Gasteiger partial charge in [0.15, 0.2) is 0 Å². The van der Waals surface area contributed by atoms with E-state index in [0.717, 1.165) is 56.8 Å². The van der Waals surface area contributed by atoms with Gasteiger partial charge in [0.2, 0.25) is 0 Å². The molecule has 0 aromatic carbocycles. The van der Waals surface area contributed by atoms with Crippen LogP contribution in [0.1, 0.15) is 112 Å². The molecule has 4 heteroatoms. The molecule has 0 fully saturated rings. The van der Waals surface area contributed by atoms with Gasteiger partial charge in [-0.1, -0.05) is 92.4 Å². The SMILES string of the molecule is CCCCC(S)(CCCCCC(C)C)C(=O)OCCCCCC(C)C.[SnH2]. The van der Waals surface area contributed by atoms with Crippen molar-refractivity contribution in [1.29, 1.82) is 0 Å². The van der Waals surface area contributed by atoms with E-state index in [-0.39, 0.29) is 29.9 Å². The van der Waals surface area contributed by atoms with E-state index in [4.69, 9.17) is 17.4 Å². The van der Waals surface area contributed by atoms with Crippen molar-refractivity contribution < 1.29 is 9.53 Å². The van der Waals surface area contributed by atoms with Crippen molar-refractivity contribution in [3.05, 3.63) is 0 Å². The Labute approximate surface area is 186 Å². The fraction of sp³-hybridized carbons (Fsp3) is 0.955. The zero-order chi connectivity index (χ0) is 19.1. The van der Waals surface area contributed by atoms with Crippen LogP contribution in [-0.2, 0) is 9.53 Å². The van der Waals surface area contributed by atoms with Crippen LogP contribution >= 0.6 is 12.6 Å². The minimum absolute atomic E-state index is 0. The number of unbranched alkanes of at least 4 members (excludes halogenated alkanes) is 5. The van der Waals surface area contributed by atoms with Gasteiger partial charge in [0.1, 0.15) is 4.75 Å². The molecule has 2 radical (unpaired) electrons. The van der Waals surface area contributed by atoms with E-state index in [1.807, 2.05) is 0 Å². The van der Waals surface area contributed by atoms with Crippen molar-refractivity contribution in [3.63, 3.8) is 0 Å². The summed E-state index contributed by atoms with van der Waals surface area (Å²) in [4.78, 5) is 12.6. The van der Waals surface area contributed by atoms with Crippen LogP contribution in [-0.4, -0.2) is 41.2 Å². The molecule has 1 atom stereocenters. The maximum absolute atomic E-state index is 12.6. The Morgan fingerprint density at radius 1 is 0.846 bits per heavy atom. The molecular weight excluding hydrogens is 447 g/mol. The Kier molecular flexibility index (Phi) is 19.6. The first-order valence-electron chi connectivity index (χ1n) is 10.7. The summed E-state index contributed by atoms with van der Waals surface area (Å²) in [5.41, 5.74) is 0. The molecule has 156 valence electrons. The summed E-state index contributed by atoms with van der Waals surface area (Å²) in [6.45, 7) is 11.8. The molecular formula is C22H46O2SSn. The summed E-state index contributed by atoms with van der Waals surface area (Å²) in [5.74, 6) is 1.44. The van der Waals surface area contributed by atoms with Crippen LogP contribution in [0.4, 0.5) is 0 Å². The Bertz CT molecular complexity index is 334. The maximum atomic E-state index is 12.6. The fourth-order valence-corrected chi connectivity index (χ4v) is 3.46. The molecule has 0 aromatic heterocycles. The Hall–Kier alpha value is 0.619. The van der Waals surface area contributed by atoms with Crippen LogP contribution in [0, 0.1) is 11.8 Å². The number of hydrogen-bond donors (Lipinski definition) is 1. The Morgan fingerprint density at radius 2 is 1.35 bits per heavy atom. The number of rotatable bonds is 16. The number of carbonyl (C=O) groups is 1. The van der Waals surface area contributed by atoms with E-state index in [2.05, 4.69) is 34.6 Å². The van der Waals surface area contributed by atoms with E-state index in [1.165, 1.54) is 32.1 Å². The molecule has 0 aliphatic heterocycles. The number of hydrogen-bond acceptors (Lipinski definition) is 3. The predicted molar refractivity (Wildman–Crippen MR) is 122 cm³/mol. The van der Waals surface area contributed by atoms with Crippen molar-refractivity contribution >= 4 is 42.5 Å². The monoisotopic (exact) mass is 494 g/mol. The van der Waals surface area contributed by atoms with Crippen molar-refractivity contribution in [3.8, 4) is 0 Å². The molecule has 0 aromatic rings. The van der Waals surface area contributed by atoms with Gasteiger partial charge >= 0.3 is 29.9 Å². The van der Waals surface area contributed by atoms with Crippen LogP contribution in [0.3, 0.4) is 0 Å². The van der Waals surface area contributed by atoms with E-state index in [0.29, 0.717) is 6.61 Å². The van der Waals surface area contributed by atoms with Crippen LogP contribution in [0.15, 0.2) is 0 Å². The van der Waals surface area contributed by atoms with Gasteiger partial charge < -0.3 is 4.74 Å². The first kappa shape index (κ1) is 28.8. The summed E-state index contributed by atoms with van der Waals surface area (Å²) >= 11 is 4.79. The van der Waals surface area contributed by atoms with Crippen LogP contribution in [0.5, 0.6) is 0 Å². The van der Waals surface area contributed by atoms with Gasteiger partial charge in [0.05, 0.1) is 6.61 Å². The quantitative estimate of drug-likeness (QED) is 0.118. The summed E-state index contributed by atoms with van der Waals surface area (Å²) in [6.07, 6.45) is 13.2. The third kappa shape index (κ3) is 15.7. The van der Waals surface area contributed by atoms with Crippen LogP contribution < -0.4 is 0 Å². The van der Waals surface area contributed by atoms with E-state index < -0.39 is 4.75 Å². The molecule has 0 bridgehead atoms. The van der Waals surface area contributed by atoms with Crippen molar-refractivity contribution in [2.75, 3.05) is 6.61 Å². The molecule has 0 saturated carbocycles. The van der Waals surface area contributed by atoms with Gasteiger partial charge in [-0.05, 0) is 31.1 Å². The summed E-state index contributed by atoms with van der Waals surface area (Å²) in [6, 6.07) is 0. The predicted octanol–water partition coefficient (Wildman–Crippen LogP) is 6.30. The van der Waals surface area contributed by atoms with E-state index in [1.54, 1.807) is 0 Å². The van der Waals surface area contributed by atoms with Crippen molar-refractivity contribution in [1.82, 2.24) is 0 Å². The topological polar surface area (TPSA) is 26.3 Å². The summed E-state index contributed by atoms with van der Waals surface area (Å²) in [7, 11) is 0. The van der Waals surface area contributed by atoms with Gasteiger partial charge in [-0.15, -0.1) is 0 Å². The molecule has 0 spiro atoms. The molecule has 26 heavy (non-hydrogen) atoms. The first-order chi connectivity index (χ1) is 11.8. The normalized spacial score (nSPS) is 13.5. The van der Waals surface area contributed by atoms with E-state index in [9.17, 15) is 4.79 Å². The molecule has 0 N–H and O–H groups in total. The fourth-order valence-electron chi connectivity index (χ4n) is 3.08. The summed E-state index contributed by atoms with van der Waals surface area (Å²) in [5, 5.41) is 0. The van der Waals surface area contributed by atoms with E-state index >= 15 is 0 Å². The van der Waals surface area contributed by atoms with Gasteiger partial charge in [0.25, 0.3) is 0 Å². The van der Waals surface area contributed by atoms with Gasteiger partial charge in [-0.2, -0.15) is 12.6 Å². The molecule has 0 aliphatic rings. The zero-order valence-corrected chi connectivity index (χ0v) is 23.2. The molecule has 0 amide bonds. The summed E-state index contributed by atoms with van der Waals surface area (Å²) < 4.78 is 5.01. The second-order valence-corrected chi connectivity index (χ2v) is 9.36. The zero-order valence-electron chi connectivity index (χ0n) is 18.3. The number of thiol groups is 1. The third-order valence-electron chi connectivity index (χ3n) is 4.85. The second-order valence-electron chi connectivity index (χ2n) is 8.51. The van der Waals surface area contributed by atoms with Gasteiger partial charge in [0, 0.05) is 0 Å². The average molecular weight is 493 g/mol. The molecule has 0 rings (SSSR count). The molecule has 2 nitrogen and oxygen atoms in total.